The van der Waals surface area contributed by atoms with E-state index in [0.717, 1.165) is 5.57 Å². The maximum atomic E-state index is 10.3. The summed E-state index contributed by atoms with van der Waals surface area (Å²) in [6, 6.07) is 0. The van der Waals surface area contributed by atoms with Crippen molar-refractivity contribution >= 4 is 5.97 Å². The van der Waals surface area contributed by atoms with E-state index in [2.05, 4.69) is 0 Å². The average Bonchev–Trinajstić information content (AvgIpc) is 2.01. The van der Waals surface area contributed by atoms with Gasteiger partial charge >= 0.3 is 5.97 Å². The number of hydrogen-bond acceptors (Lipinski definition) is 1. The highest BCUT2D eigenvalue weighted by molar-refractivity contribution is 5.67. The van der Waals surface area contributed by atoms with Crippen LogP contribution in [0.1, 0.15) is 12.8 Å². The maximum absolute atomic E-state index is 10.3. The molecule has 13 heavy (non-hydrogen) atoms. The van der Waals surface area contributed by atoms with Crippen molar-refractivity contribution in [2.24, 2.45) is 0 Å². The lowest BCUT2D eigenvalue weighted by Gasteiger charge is -1.98. The van der Waals surface area contributed by atoms with Gasteiger partial charge < -0.3 is 5.11 Å². The molecule has 0 amide bonds. The van der Waals surface area contributed by atoms with Crippen LogP contribution in [0.2, 0.25) is 0 Å². The van der Waals surface area contributed by atoms with Gasteiger partial charge in [0.05, 0.1) is 0 Å². The fraction of sp³-hybridized carbons (Fsp3) is 0.182. The second-order valence-electron chi connectivity index (χ2n) is 2.76. The zero-order valence-corrected chi connectivity index (χ0v) is 7.31. The zero-order valence-electron chi connectivity index (χ0n) is 7.31. The molecule has 0 aliphatic heterocycles. The van der Waals surface area contributed by atoms with Gasteiger partial charge in [-0.15, -0.1) is 0 Å². The largest absolute Gasteiger partial charge is 0.481 e. The molecule has 2 nitrogen and oxygen atoms in total. The van der Waals surface area contributed by atoms with E-state index in [1.54, 1.807) is 0 Å². The van der Waals surface area contributed by atoms with E-state index in [9.17, 15) is 4.79 Å². The number of carboxylic acid groups (broad SMARTS) is 1. The van der Waals surface area contributed by atoms with E-state index in [-0.39, 0.29) is 6.42 Å². The van der Waals surface area contributed by atoms with E-state index < -0.39 is 5.97 Å². The van der Waals surface area contributed by atoms with Gasteiger partial charge in [0, 0.05) is 6.42 Å². The third-order valence-electron chi connectivity index (χ3n) is 1.69. The molecule has 68 valence electrons. The molecule has 0 radical (unpaired) electrons. The highest BCUT2D eigenvalue weighted by Gasteiger charge is 1.98. The van der Waals surface area contributed by atoms with Crippen molar-refractivity contribution in [3.8, 4) is 0 Å². The van der Waals surface area contributed by atoms with Gasteiger partial charge in [0.15, 0.2) is 0 Å². The Bertz CT molecular complexity index is 293. The molecular formula is C11H12O2. The minimum Gasteiger partial charge on any atom is -0.481 e. The van der Waals surface area contributed by atoms with Gasteiger partial charge in [-0.25, -0.2) is 0 Å². The molecule has 0 unspecified atom stereocenters. The topological polar surface area (TPSA) is 37.3 Å². The molecule has 0 atom stereocenters. The standard InChI is InChI=1S/C11H12O2/c12-11(13)9-8-10-6-4-2-1-3-5-7-10/h1-7H,8-9H2,(H,12,13)/b2-1-,3-1?,4-2?,5-3-,6-4-,7-5?,10-6?,10-7+. The summed E-state index contributed by atoms with van der Waals surface area (Å²) in [7, 11) is 0. The molecule has 0 heterocycles. The monoisotopic (exact) mass is 176 g/mol. The van der Waals surface area contributed by atoms with Crippen LogP contribution in [0.15, 0.2) is 48.1 Å². The van der Waals surface area contributed by atoms with Crippen molar-refractivity contribution in [2.75, 3.05) is 0 Å². The van der Waals surface area contributed by atoms with Crippen LogP contribution in [0.3, 0.4) is 0 Å². The predicted octanol–water partition coefficient (Wildman–Crippen LogP) is 2.46. The van der Waals surface area contributed by atoms with Crippen molar-refractivity contribution in [3.63, 3.8) is 0 Å². The Morgan fingerprint density at radius 1 is 1.15 bits per heavy atom. The van der Waals surface area contributed by atoms with Gasteiger partial charge in [-0.1, -0.05) is 42.5 Å². The zero-order chi connectivity index (χ0) is 9.52. The van der Waals surface area contributed by atoms with Crippen molar-refractivity contribution in [2.45, 2.75) is 12.8 Å². The molecule has 0 spiro atoms. The van der Waals surface area contributed by atoms with E-state index in [0.29, 0.717) is 6.42 Å². The molecular weight excluding hydrogens is 164 g/mol. The van der Waals surface area contributed by atoms with Crippen molar-refractivity contribution in [1.82, 2.24) is 0 Å². The van der Waals surface area contributed by atoms with Crippen LogP contribution in [0, 0.1) is 0 Å². The van der Waals surface area contributed by atoms with Gasteiger partial charge in [0.25, 0.3) is 0 Å². The second kappa shape index (κ2) is 5.14. The number of rotatable bonds is 3. The van der Waals surface area contributed by atoms with Crippen LogP contribution in [-0.4, -0.2) is 11.1 Å². The highest BCUT2D eigenvalue weighted by Crippen LogP contribution is 2.08. The van der Waals surface area contributed by atoms with Gasteiger partial charge in [-0.3, -0.25) is 4.79 Å². The molecule has 1 rings (SSSR count). The predicted molar refractivity (Wildman–Crippen MR) is 52.4 cm³/mol. The minimum atomic E-state index is -0.754. The number of aliphatic carboxylic acids is 1. The molecule has 1 N–H and O–H groups in total. The van der Waals surface area contributed by atoms with E-state index in [4.69, 9.17) is 5.11 Å². The molecule has 1 aliphatic carbocycles. The van der Waals surface area contributed by atoms with Crippen LogP contribution >= 0.6 is 0 Å². The summed E-state index contributed by atoms with van der Waals surface area (Å²) in [4.78, 5) is 10.3. The molecule has 0 aromatic rings. The van der Waals surface area contributed by atoms with Crippen molar-refractivity contribution in [1.29, 1.82) is 0 Å². The molecule has 0 saturated carbocycles. The Balaban J connectivity index is 2.53. The minimum absolute atomic E-state index is 0.188. The highest BCUT2D eigenvalue weighted by atomic mass is 16.4. The first-order valence-corrected chi connectivity index (χ1v) is 4.21. The normalized spacial score (nSPS) is 26.3. The fourth-order valence-corrected chi connectivity index (χ4v) is 1.02. The number of hydrogen-bond donors (Lipinski definition) is 1. The van der Waals surface area contributed by atoms with Crippen molar-refractivity contribution in [3.05, 3.63) is 48.1 Å². The molecule has 0 aromatic carbocycles. The lowest BCUT2D eigenvalue weighted by Crippen LogP contribution is -1.94. The first-order valence-electron chi connectivity index (χ1n) is 4.21. The van der Waals surface area contributed by atoms with Crippen LogP contribution in [0.4, 0.5) is 0 Å². The van der Waals surface area contributed by atoms with E-state index >= 15 is 0 Å². The van der Waals surface area contributed by atoms with Crippen LogP contribution < -0.4 is 0 Å². The first kappa shape index (κ1) is 9.52. The summed E-state index contributed by atoms with van der Waals surface area (Å²) in [6.07, 6.45) is 14.2. The quantitative estimate of drug-likeness (QED) is 0.717. The summed E-state index contributed by atoms with van der Waals surface area (Å²) in [6.45, 7) is 0. The fourth-order valence-electron chi connectivity index (χ4n) is 1.02. The molecule has 2 heteroatoms. The summed E-state index contributed by atoms with van der Waals surface area (Å²) in [5.74, 6) is -0.754. The SMILES string of the molecule is O=C(O)CCC1=C/C=C\C=C/C=C\1. The number of carboxylic acids is 1. The molecule has 0 bridgehead atoms. The summed E-state index contributed by atoms with van der Waals surface area (Å²) < 4.78 is 0. The molecule has 0 fully saturated rings. The number of carbonyl (C=O) groups is 1. The van der Waals surface area contributed by atoms with Gasteiger partial charge in [0.2, 0.25) is 0 Å². The van der Waals surface area contributed by atoms with Crippen molar-refractivity contribution < 1.29 is 9.90 Å². The van der Waals surface area contributed by atoms with Crippen LogP contribution in [0.25, 0.3) is 0 Å². The molecule has 0 aromatic heterocycles. The maximum Gasteiger partial charge on any atom is 0.303 e. The van der Waals surface area contributed by atoms with E-state index in [1.807, 2.05) is 42.5 Å². The van der Waals surface area contributed by atoms with E-state index in [1.165, 1.54) is 0 Å². The third-order valence-corrected chi connectivity index (χ3v) is 1.69. The lowest BCUT2D eigenvalue weighted by molar-refractivity contribution is -0.136. The Morgan fingerprint density at radius 3 is 2.62 bits per heavy atom. The number of allylic oxidation sites excluding steroid dienone is 8. The Kier molecular flexibility index (Phi) is 3.76. The summed E-state index contributed by atoms with van der Waals surface area (Å²) in [5.41, 5.74) is 1.04. The average molecular weight is 176 g/mol. The Hall–Kier alpha value is -1.57. The Labute approximate surface area is 77.6 Å². The summed E-state index contributed by atoms with van der Waals surface area (Å²) >= 11 is 0. The lowest BCUT2D eigenvalue weighted by atomic mass is 10.1. The van der Waals surface area contributed by atoms with Gasteiger partial charge in [-0.05, 0) is 12.0 Å². The molecule has 0 saturated heterocycles. The van der Waals surface area contributed by atoms with Crippen LogP contribution in [-0.2, 0) is 4.79 Å². The molecule has 1 aliphatic rings. The van der Waals surface area contributed by atoms with Crippen LogP contribution in [0.5, 0.6) is 0 Å². The van der Waals surface area contributed by atoms with Gasteiger partial charge in [0.1, 0.15) is 0 Å². The second-order valence-corrected chi connectivity index (χ2v) is 2.76. The summed E-state index contributed by atoms with van der Waals surface area (Å²) in [5, 5.41) is 8.49. The Morgan fingerprint density at radius 2 is 1.85 bits per heavy atom. The first-order chi connectivity index (χ1) is 6.29. The van der Waals surface area contributed by atoms with Gasteiger partial charge in [-0.2, -0.15) is 0 Å². The smallest absolute Gasteiger partial charge is 0.303 e. The third kappa shape index (κ3) is 4.11.